The number of carbonyl (C=O) groups excluding carboxylic acids is 2. The molecule has 0 heterocycles. The van der Waals surface area contributed by atoms with Crippen LogP contribution in [0.5, 0.6) is 0 Å². The summed E-state index contributed by atoms with van der Waals surface area (Å²) in [4.78, 5) is 29.4. The first-order chi connectivity index (χ1) is 18.9. The Morgan fingerprint density at radius 2 is 1.60 bits per heavy atom. The lowest BCUT2D eigenvalue weighted by molar-refractivity contribution is -0.140. The number of halogens is 1. The van der Waals surface area contributed by atoms with Crippen molar-refractivity contribution >= 4 is 39.1 Å². The number of carbonyl (C=O) groups is 2. The molecule has 3 aromatic carbocycles. The Bertz CT molecular complexity index is 1430. The minimum absolute atomic E-state index is 0.0922. The van der Waals surface area contributed by atoms with Crippen LogP contribution in [0.3, 0.4) is 0 Å². The highest BCUT2D eigenvalue weighted by Crippen LogP contribution is 2.26. The van der Waals surface area contributed by atoms with Crippen molar-refractivity contribution in [1.82, 2.24) is 10.2 Å². The lowest BCUT2D eigenvalue weighted by atomic mass is 10.0. The summed E-state index contributed by atoms with van der Waals surface area (Å²) < 4.78 is 27.0. The third kappa shape index (κ3) is 8.32. The molecular weight excluding hydrogens is 546 g/mol. The molecular formula is C31H38ClN3O4S. The first-order valence-electron chi connectivity index (χ1n) is 13.3. The molecule has 0 saturated heterocycles. The molecule has 9 heteroatoms. The molecule has 0 saturated carbocycles. The van der Waals surface area contributed by atoms with Crippen LogP contribution >= 0.6 is 11.6 Å². The van der Waals surface area contributed by atoms with Gasteiger partial charge in [0.1, 0.15) is 12.6 Å². The fourth-order valence-corrected chi connectivity index (χ4v) is 5.59. The molecule has 0 aliphatic carbocycles. The lowest BCUT2D eigenvalue weighted by Crippen LogP contribution is -2.54. The van der Waals surface area contributed by atoms with E-state index in [0.29, 0.717) is 16.3 Å². The molecule has 0 radical (unpaired) electrons. The maximum atomic E-state index is 14.2. The molecule has 1 N–H and O–H groups in total. The van der Waals surface area contributed by atoms with Gasteiger partial charge in [0.2, 0.25) is 21.8 Å². The summed E-state index contributed by atoms with van der Waals surface area (Å²) in [5.41, 5.74) is 3.71. The maximum Gasteiger partial charge on any atom is 0.244 e. The number of amides is 2. The molecule has 0 aliphatic heterocycles. The van der Waals surface area contributed by atoms with Gasteiger partial charge in [0, 0.05) is 24.0 Å². The van der Waals surface area contributed by atoms with E-state index < -0.39 is 28.5 Å². The number of hydrogen-bond acceptors (Lipinski definition) is 4. The Labute approximate surface area is 243 Å². The summed E-state index contributed by atoms with van der Waals surface area (Å²) in [6.07, 6.45) is 2.07. The highest BCUT2D eigenvalue weighted by Gasteiger charge is 2.34. The van der Waals surface area contributed by atoms with Crippen molar-refractivity contribution in [3.63, 3.8) is 0 Å². The quantitative estimate of drug-likeness (QED) is 0.314. The standard InChI is InChI=1S/C31H38ClN3O4S/c1-6-24(4)33-31(37)29(19-25-13-8-7-9-14-25)34(20-26-15-11-10-12-22(26)2)30(36)21-35(40(5,38)39)28-17-16-27(32)18-23(28)3/h7-18,24,29H,6,19-21H2,1-5H3,(H,33,37)/t24-,29+/m0/s1. The van der Waals surface area contributed by atoms with Gasteiger partial charge in [-0.05, 0) is 67.6 Å². The second kappa shape index (κ2) is 13.8. The van der Waals surface area contributed by atoms with Crippen molar-refractivity contribution in [2.45, 2.75) is 59.2 Å². The predicted octanol–water partition coefficient (Wildman–Crippen LogP) is 5.28. The average Bonchev–Trinajstić information content (AvgIpc) is 2.90. The molecule has 0 spiro atoms. The Balaban J connectivity index is 2.09. The number of benzene rings is 3. The monoisotopic (exact) mass is 583 g/mol. The van der Waals surface area contributed by atoms with Crippen LogP contribution in [0.2, 0.25) is 5.02 Å². The first-order valence-corrected chi connectivity index (χ1v) is 15.6. The van der Waals surface area contributed by atoms with Crippen molar-refractivity contribution < 1.29 is 18.0 Å². The zero-order valence-corrected chi connectivity index (χ0v) is 25.3. The first kappa shape index (κ1) is 31.2. The minimum Gasteiger partial charge on any atom is -0.352 e. The van der Waals surface area contributed by atoms with Crippen LogP contribution < -0.4 is 9.62 Å². The Kier molecular flexibility index (Phi) is 10.8. The van der Waals surface area contributed by atoms with Gasteiger partial charge in [-0.2, -0.15) is 0 Å². The summed E-state index contributed by atoms with van der Waals surface area (Å²) >= 11 is 6.12. The Hall–Kier alpha value is -3.36. The minimum atomic E-state index is -3.85. The molecule has 7 nitrogen and oxygen atoms in total. The van der Waals surface area contributed by atoms with Gasteiger partial charge in [-0.3, -0.25) is 13.9 Å². The normalized spacial score (nSPS) is 12.8. The van der Waals surface area contributed by atoms with Crippen molar-refractivity contribution in [3.8, 4) is 0 Å². The zero-order chi connectivity index (χ0) is 29.4. The average molecular weight is 584 g/mol. The molecule has 3 rings (SSSR count). The van der Waals surface area contributed by atoms with Gasteiger partial charge < -0.3 is 10.2 Å². The van der Waals surface area contributed by atoms with Crippen LogP contribution in [-0.4, -0.2) is 50.0 Å². The topological polar surface area (TPSA) is 86.8 Å². The Morgan fingerprint density at radius 3 is 2.20 bits per heavy atom. The van der Waals surface area contributed by atoms with Gasteiger partial charge in [0.05, 0.1) is 11.9 Å². The smallest absolute Gasteiger partial charge is 0.244 e. The summed E-state index contributed by atoms with van der Waals surface area (Å²) in [6.45, 7) is 7.27. The molecule has 2 atom stereocenters. The van der Waals surface area contributed by atoms with Gasteiger partial charge >= 0.3 is 0 Å². The predicted molar refractivity (Wildman–Crippen MR) is 162 cm³/mol. The van der Waals surface area contributed by atoms with E-state index in [0.717, 1.165) is 33.7 Å². The molecule has 0 aliphatic rings. The molecule has 2 amide bonds. The van der Waals surface area contributed by atoms with Crippen LogP contribution in [0.15, 0.2) is 72.8 Å². The zero-order valence-electron chi connectivity index (χ0n) is 23.7. The number of nitrogens with zero attached hydrogens (tertiary/aromatic N) is 2. The molecule has 0 aromatic heterocycles. The molecule has 0 unspecified atom stereocenters. The second-order valence-electron chi connectivity index (χ2n) is 10.2. The number of hydrogen-bond donors (Lipinski definition) is 1. The second-order valence-corrected chi connectivity index (χ2v) is 12.5. The third-order valence-electron chi connectivity index (χ3n) is 6.98. The van der Waals surface area contributed by atoms with E-state index in [2.05, 4.69) is 5.32 Å². The van der Waals surface area contributed by atoms with Crippen LogP contribution in [-0.2, 0) is 32.6 Å². The number of nitrogens with one attached hydrogen (secondary N) is 1. The van der Waals surface area contributed by atoms with Gasteiger partial charge in [-0.15, -0.1) is 0 Å². The number of sulfonamides is 1. The molecule has 0 fully saturated rings. The van der Waals surface area contributed by atoms with E-state index in [-0.39, 0.29) is 24.9 Å². The van der Waals surface area contributed by atoms with Crippen molar-refractivity contribution in [1.29, 1.82) is 0 Å². The van der Waals surface area contributed by atoms with E-state index in [1.807, 2.05) is 75.4 Å². The van der Waals surface area contributed by atoms with Gasteiger partial charge in [0.25, 0.3) is 0 Å². The molecule has 0 bridgehead atoms. The number of anilines is 1. The number of rotatable bonds is 12. The van der Waals surface area contributed by atoms with E-state index in [1.165, 1.54) is 4.90 Å². The summed E-state index contributed by atoms with van der Waals surface area (Å²) in [5, 5.41) is 3.50. The van der Waals surface area contributed by atoms with Crippen molar-refractivity contribution in [2.24, 2.45) is 0 Å². The Morgan fingerprint density at radius 1 is 0.950 bits per heavy atom. The molecule has 214 valence electrons. The fraction of sp³-hybridized carbons (Fsp3) is 0.355. The van der Waals surface area contributed by atoms with E-state index >= 15 is 0 Å². The molecule has 3 aromatic rings. The van der Waals surface area contributed by atoms with Gasteiger partial charge in [-0.1, -0.05) is 73.1 Å². The van der Waals surface area contributed by atoms with Crippen molar-refractivity contribution in [2.75, 3.05) is 17.1 Å². The fourth-order valence-electron chi connectivity index (χ4n) is 4.46. The largest absolute Gasteiger partial charge is 0.352 e. The SMILES string of the molecule is CC[C@H](C)NC(=O)[C@@H](Cc1ccccc1)N(Cc1ccccc1C)C(=O)CN(c1ccc(Cl)cc1C)S(C)(=O)=O. The van der Waals surface area contributed by atoms with E-state index in [4.69, 9.17) is 11.6 Å². The van der Waals surface area contributed by atoms with Crippen LogP contribution in [0.25, 0.3) is 0 Å². The van der Waals surface area contributed by atoms with Crippen molar-refractivity contribution in [3.05, 3.63) is 100 Å². The van der Waals surface area contributed by atoms with E-state index in [9.17, 15) is 18.0 Å². The lowest BCUT2D eigenvalue weighted by Gasteiger charge is -2.34. The van der Waals surface area contributed by atoms with E-state index in [1.54, 1.807) is 25.1 Å². The summed E-state index contributed by atoms with van der Waals surface area (Å²) in [7, 11) is -3.85. The highest BCUT2D eigenvalue weighted by atomic mass is 35.5. The van der Waals surface area contributed by atoms with Crippen LogP contribution in [0.4, 0.5) is 5.69 Å². The number of aryl methyl sites for hydroxylation is 2. The van der Waals surface area contributed by atoms with Gasteiger partial charge in [-0.25, -0.2) is 8.42 Å². The third-order valence-corrected chi connectivity index (χ3v) is 8.34. The van der Waals surface area contributed by atoms with Gasteiger partial charge in [0.15, 0.2) is 0 Å². The summed E-state index contributed by atoms with van der Waals surface area (Å²) in [6, 6.07) is 21.1. The molecule has 40 heavy (non-hydrogen) atoms. The van der Waals surface area contributed by atoms with Crippen LogP contribution in [0.1, 0.15) is 42.5 Å². The maximum absolute atomic E-state index is 14.2. The summed E-state index contributed by atoms with van der Waals surface area (Å²) in [5.74, 6) is -0.767. The van der Waals surface area contributed by atoms with Crippen LogP contribution in [0, 0.1) is 13.8 Å². The highest BCUT2D eigenvalue weighted by molar-refractivity contribution is 7.92.